The van der Waals surface area contributed by atoms with Crippen LogP contribution >= 0.6 is 10.6 Å². The molecule has 1 aliphatic rings. The lowest BCUT2D eigenvalue weighted by Gasteiger charge is -2.55. The molecule has 0 amide bonds. The molecule has 1 aromatic carbocycles. The van der Waals surface area contributed by atoms with Gasteiger partial charge in [-0.2, -0.15) is 0 Å². The van der Waals surface area contributed by atoms with Gasteiger partial charge in [0.1, 0.15) is 5.75 Å². The van der Waals surface area contributed by atoms with Gasteiger partial charge in [-0.05, 0) is 17.9 Å². The van der Waals surface area contributed by atoms with Crippen LogP contribution in [0.3, 0.4) is 0 Å². The van der Waals surface area contributed by atoms with Crippen LogP contribution in [0.4, 0.5) is 5.69 Å². The fourth-order valence-corrected chi connectivity index (χ4v) is 2.70. The third kappa shape index (κ3) is 2.44. The Labute approximate surface area is 89.6 Å². The van der Waals surface area contributed by atoms with Crippen LogP contribution in [0.1, 0.15) is 0 Å². The fourth-order valence-electron chi connectivity index (χ4n) is 1.46. The fraction of sp³-hybridized carbons (Fsp3) is 0.200. The van der Waals surface area contributed by atoms with E-state index in [4.69, 9.17) is 0 Å². The van der Waals surface area contributed by atoms with Gasteiger partial charge in [-0.3, -0.25) is 0 Å². The van der Waals surface area contributed by atoms with Crippen LogP contribution in [0.2, 0.25) is 0 Å². The molecule has 4 nitrogen and oxygen atoms in total. The first kappa shape index (κ1) is 10.4. The van der Waals surface area contributed by atoms with Crippen molar-refractivity contribution in [3.05, 3.63) is 35.7 Å². The molecule has 0 bridgehead atoms. The van der Waals surface area contributed by atoms with Gasteiger partial charge in [-0.15, -0.1) is 0 Å². The number of nitrogens with one attached hydrogen (secondary N) is 1. The molecule has 1 unspecified atom stereocenters. The number of anilines is 1. The zero-order chi connectivity index (χ0) is 10.9. The lowest BCUT2D eigenvalue weighted by molar-refractivity contribution is 0.457. The topological polar surface area (TPSA) is 78.4 Å². The largest absolute Gasteiger partial charge is 0.796 e. The van der Waals surface area contributed by atoms with Gasteiger partial charge in [-0.25, -0.2) is 0 Å². The Morgan fingerprint density at radius 3 is 2.67 bits per heavy atom. The third-order valence-corrected chi connectivity index (χ3v) is 3.57. The van der Waals surface area contributed by atoms with Crippen LogP contribution in [0.5, 0.6) is 5.75 Å². The predicted molar refractivity (Wildman–Crippen MR) is 58.7 cm³/mol. The first-order valence-electron chi connectivity index (χ1n) is 4.52. The molecule has 0 aliphatic carbocycles. The van der Waals surface area contributed by atoms with Crippen molar-refractivity contribution in [2.24, 2.45) is 0 Å². The van der Waals surface area contributed by atoms with Gasteiger partial charge in [0.05, 0.1) is 11.7 Å². The minimum Gasteiger partial charge on any atom is -0.796 e. The molecule has 0 fully saturated rings. The van der Waals surface area contributed by atoms with E-state index in [1.54, 1.807) is 30.3 Å². The standard InChI is InChI=1S/C10H13NO3S/c12-10-4-2-1-3-9(10)11-8-5-6-15(13,14)7-8/h1-6,8,11-14H,7H2/p-2. The van der Waals surface area contributed by atoms with Gasteiger partial charge in [0.25, 0.3) is 0 Å². The van der Waals surface area contributed by atoms with Gasteiger partial charge in [-0.1, -0.05) is 23.6 Å². The summed E-state index contributed by atoms with van der Waals surface area (Å²) >= 11 is 0. The normalized spacial score (nSPS) is 25.1. The molecule has 2 N–H and O–H groups in total. The van der Waals surface area contributed by atoms with Crippen LogP contribution in [0.15, 0.2) is 35.7 Å². The number of benzene rings is 1. The quantitative estimate of drug-likeness (QED) is 0.752. The molecule has 1 aliphatic heterocycles. The maximum absolute atomic E-state index is 11.1. The maximum Gasteiger partial charge on any atom is 0.138 e. The molecule has 0 spiro atoms. The number of hydrogen-bond donors (Lipinski definition) is 2. The lowest BCUT2D eigenvalue weighted by atomic mass is 10.2. The highest BCUT2D eigenvalue weighted by molar-refractivity contribution is 8.26. The molecule has 0 saturated carbocycles. The average Bonchev–Trinajstić information content (AvgIpc) is 2.50. The Bertz CT molecular complexity index is 392. The van der Waals surface area contributed by atoms with Gasteiger partial charge in [0.15, 0.2) is 0 Å². The first-order valence-corrected chi connectivity index (χ1v) is 6.24. The first-order chi connectivity index (χ1) is 7.07. The zero-order valence-corrected chi connectivity index (χ0v) is 8.74. The van der Waals surface area contributed by atoms with Crippen LogP contribution in [-0.4, -0.2) is 26.0 Å². The molecule has 0 saturated heterocycles. The van der Waals surface area contributed by atoms with E-state index in [1.165, 1.54) is 5.41 Å². The summed E-state index contributed by atoms with van der Waals surface area (Å²) in [7, 11) is -3.05. The van der Waals surface area contributed by atoms with Gasteiger partial charge in [0.2, 0.25) is 0 Å². The molecule has 15 heavy (non-hydrogen) atoms. The summed E-state index contributed by atoms with van der Waals surface area (Å²) in [6.07, 6.45) is 1.59. The Hall–Kier alpha value is -1.17. The predicted octanol–water partition coefficient (Wildman–Crippen LogP) is 1.77. The molecule has 1 atom stereocenters. The van der Waals surface area contributed by atoms with Crippen LogP contribution < -0.4 is 5.32 Å². The molecular weight excluding hydrogens is 214 g/mol. The second-order valence-electron chi connectivity index (χ2n) is 3.43. The molecule has 2 rings (SSSR count). The van der Waals surface area contributed by atoms with E-state index < -0.39 is 10.6 Å². The molecule has 5 heteroatoms. The second-order valence-corrected chi connectivity index (χ2v) is 5.36. The van der Waals surface area contributed by atoms with Gasteiger partial charge < -0.3 is 30.1 Å². The Balaban J connectivity index is 2.06. The number of phenols is 1. The van der Waals surface area contributed by atoms with Crippen LogP contribution in [0, 0.1) is 0 Å². The lowest BCUT2D eigenvalue weighted by Crippen LogP contribution is -2.19. The molecular formula is C10H11NO3S-2. The van der Waals surface area contributed by atoms with E-state index in [1.807, 2.05) is 0 Å². The molecule has 0 aromatic heterocycles. The molecule has 1 heterocycles. The summed E-state index contributed by atoms with van der Waals surface area (Å²) in [5, 5.41) is 13.6. The Morgan fingerprint density at radius 1 is 1.33 bits per heavy atom. The monoisotopic (exact) mass is 225 g/mol. The second kappa shape index (κ2) is 3.77. The van der Waals surface area contributed by atoms with E-state index in [0.717, 1.165) is 0 Å². The third-order valence-electron chi connectivity index (χ3n) is 2.18. The number of phenolic OH excluding ortho intramolecular Hbond substituents is 1. The number of sulfone groups is 1. The highest BCUT2D eigenvalue weighted by Gasteiger charge is 2.12. The average molecular weight is 225 g/mol. The van der Waals surface area contributed by atoms with Crippen molar-refractivity contribution in [1.82, 2.24) is 0 Å². The number of hydrogen-bond acceptors (Lipinski definition) is 4. The van der Waals surface area contributed by atoms with Crippen molar-refractivity contribution < 1.29 is 14.2 Å². The van der Waals surface area contributed by atoms with E-state index in [9.17, 15) is 14.2 Å². The summed E-state index contributed by atoms with van der Waals surface area (Å²) in [6, 6.07) is 6.48. The summed E-state index contributed by atoms with van der Waals surface area (Å²) in [5.74, 6) is 0.164. The van der Waals surface area contributed by atoms with Gasteiger partial charge in [0, 0.05) is 0 Å². The molecule has 82 valence electrons. The van der Waals surface area contributed by atoms with Crippen LogP contribution in [-0.2, 0) is 0 Å². The number of rotatable bonds is 2. The zero-order valence-electron chi connectivity index (χ0n) is 7.92. The highest BCUT2D eigenvalue weighted by atomic mass is 32.3. The summed E-state index contributed by atoms with van der Waals surface area (Å²) in [5.41, 5.74) is 0.546. The van der Waals surface area contributed by atoms with E-state index in [2.05, 4.69) is 5.32 Å². The van der Waals surface area contributed by atoms with Crippen LogP contribution in [0.25, 0.3) is 0 Å². The summed E-state index contributed by atoms with van der Waals surface area (Å²) in [6.45, 7) is 0. The maximum atomic E-state index is 11.1. The highest BCUT2D eigenvalue weighted by Crippen LogP contribution is 2.45. The van der Waals surface area contributed by atoms with Crippen molar-refractivity contribution in [3.63, 3.8) is 0 Å². The summed E-state index contributed by atoms with van der Waals surface area (Å²) in [4.78, 5) is 0. The molecule has 1 aromatic rings. The molecule has 0 radical (unpaired) electrons. The van der Waals surface area contributed by atoms with E-state index in [-0.39, 0.29) is 17.5 Å². The van der Waals surface area contributed by atoms with E-state index >= 15 is 0 Å². The summed E-state index contributed by atoms with van der Waals surface area (Å²) < 4.78 is 22.3. The van der Waals surface area contributed by atoms with Crippen molar-refractivity contribution in [3.8, 4) is 5.75 Å². The van der Waals surface area contributed by atoms with Crippen molar-refractivity contribution in [2.75, 3.05) is 11.1 Å². The minimum absolute atomic E-state index is 0.0430. The number of aromatic hydroxyl groups is 1. The van der Waals surface area contributed by atoms with Crippen molar-refractivity contribution in [2.45, 2.75) is 6.04 Å². The Kier molecular flexibility index (Phi) is 2.60. The van der Waals surface area contributed by atoms with Crippen molar-refractivity contribution in [1.29, 1.82) is 0 Å². The Morgan fingerprint density at radius 2 is 2.07 bits per heavy atom. The number of para-hydroxylation sites is 2. The smallest absolute Gasteiger partial charge is 0.138 e. The minimum atomic E-state index is -3.05. The van der Waals surface area contributed by atoms with Crippen molar-refractivity contribution >= 4 is 16.3 Å². The van der Waals surface area contributed by atoms with Gasteiger partial charge >= 0.3 is 0 Å². The SMILES string of the molecule is [O-]S1([O-])C=CC(Nc2ccccc2O)C1. The van der Waals surface area contributed by atoms with E-state index in [0.29, 0.717) is 5.69 Å².